The third-order valence-corrected chi connectivity index (χ3v) is 7.36. The van der Waals surface area contributed by atoms with E-state index >= 15 is 0 Å². The van der Waals surface area contributed by atoms with Crippen LogP contribution in [0.3, 0.4) is 0 Å². The highest BCUT2D eigenvalue weighted by molar-refractivity contribution is 6.07. The molecule has 204 valence electrons. The Labute approximate surface area is 224 Å². The lowest BCUT2D eigenvalue weighted by atomic mass is 9.52. The molecular formula is C29H40N6O3. The van der Waals surface area contributed by atoms with E-state index in [0.29, 0.717) is 23.1 Å². The molecule has 4 N–H and O–H groups in total. The molecule has 5 rings (SSSR count). The number of anilines is 3. The summed E-state index contributed by atoms with van der Waals surface area (Å²) in [5.41, 5.74) is 1.27. The Kier molecular flexibility index (Phi) is 6.96. The molecule has 1 spiro atoms. The van der Waals surface area contributed by atoms with Gasteiger partial charge in [0.1, 0.15) is 23.1 Å². The molecule has 3 aliphatic carbocycles. The summed E-state index contributed by atoms with van der Waals surface area (Å²) in [7, 11) is 0. The molecule has 0 aromatic carbocycles. The molecule has 2 aromatic heterocycles. The summed E-state index contributed by atoms with van der Waals surface area (Å²) in [5, 5.41) is 12.8. The Morgan fingerprint density at radius 2 is 1.68 bits per heavy atom. The second-order valence-corrected chi connectivity index (χ2v) is 12.6. The molecule has 2 aromatic rings. The normalized spacial score (nSPS) is 24.3. The number of nitrogens with zero attached hydrogens (tertiary/aromatic N) is 2. The standard InChI is InChI=1S/C29H40N6O3/c1-17(2)30-24-12-11-21(26(36)35-23-8-6-7-22(33-23)18-9-10-18)25(34-24)31-19-13-29(14-19)15-20(16-29)32-27(37)38-28(3,4)5/h6-8,11-12,17-20H,9-10,13-16H2,1-5H3,(H,32,37)(H2,30,31,34)(H,33,35,36). The van der Waals surface area contributed by atoms with Crippen molar-refractivity contribution in [2.75, 3.05) is 16.0 Å². The Morgan fingerprint density at radius 3 is 2.34 bits per heavy atom. The molecule has 0 unspecified atom stereocenters. The number of nitrogens with one attached hydrogen (secondary N) is 4. The average molecular weight is 521 g/mol. The number of hydrogen-bond donors (Lipinski definition) is 4. The van der Waals surface area contributed by atoms with Crippen molar-refractivity contribution in [3.63, 3.8) is 0 Å². The first-order valence-electron chi connectivity index (χ1n) is 13.8. The van der Waals surface area contributed by atoms with Crippen LogP contribution in [-0.4, -0.2) is 45.7 Å². The highest BCUT2D eigenvalue weighted by Gasteiger charge is 2.53. The Morgan fingerprint density at radius 1 is 0.974 bits per heavy atom. The lowest BCUT2D eigenvalue weighted by molar-refractivity contribution is -0.0179. The smallest absolute Gasteiger partial charge is 0.407 e. The molecule has 0 saturated heterocycles. The van der Waals surface area contributed by atoms with E-state index in [1.54, 1.807) is 0 Å². The van der Waals surface area contributed by atoms with Gasteiger partial charge < -0.3 is 26.0 Å². The van der Waals surface area contributed by atoms with Crippen molar-refractivity contribution in [1.82, 2.24) is 15.3 Å². The summed E-state index contributed by atoms with van der Waals surface area (Å²) in [6.07, 6.45) is 5.83. The van der Waals surface area contributed by atoms with Crippen LogP contribution in [0.25, 0.3) is 0 Å². The lowest BCUT2D eigenvalue weighted by Crippen LogP contribution is -2.59. The van der Waals surface area contributed by atoms with E-state index < -0.39 is 5.60 Å². The Balaban J connectivity index is 1.21. The fourth-order valence-corrected chi connectivity index (χ4v) is 5.62. The Bertz CT molecular complexity index is 1190. The number of amides is 2. The minimum absolute atomic E-state index is 0.155. The van der Waals surface area contributed by atoms with E-state index in [9.17, 15) is 9.59 Å². The van der Waals surface area contributed by atoms with Gasteiger partial charge >= 0.3 is 6.09 Å². The van der Waals surface area contributed by atoms with Crippen LogP contribution in [0.4, 0.5) is 22.2 Å². The maximum Gasteiger partial charge on any atom is 0.407 e. The maximum atomic E-state index is 13.3. The van der Waals surface area contributed by atoms with E-state index in [-0.39, 0.29) is 35.5 Å². The van der Waals surface area contributed by atoms with Crippen LogP contribution in [0, 0.1) is 5.41 Å². The van der Waals surface area contributed by atoms with Crippen LogP contribution in [0.5, 0.6) is 0 Å². The van der Waals surface area contributed by atoms with Crippen molar-refractivity contribution in [3.8, 4) is 0 Å². The van der Waals surface area contributed by atoms with E-state index in [4.69, 9.17) is 9.72 Å². The lowest BCUT2D eigenvalue weighted by Gasteiger charge is -2.57. The number of carbonyl (C=O) groups is 2. The van der Waals surface area contributed by atoms with Crippen molar-refractivity contribution >= 4 is 29.5 Å². The summed E-state index contributed by atoms with van der Waals surface area (Å²) in [4.78, 5) is 34.8. The monoisotopic (exact) mass is 520 g/mol. The van der Waals surface area contributed by atoms with Crippen molar-refractivity contribution in [1.29, 1.82) is 0 Å². The predicted molar refractivity (Wildman–Crippen MR) is 149 cm³/mol. The average Bonchev–Trinajstić information content (AvgIpc) is 3.60. The number of hydrogen-bond acceptors (Lipinski definition) is 7. The van der Waals surface area contributed by atoms with Gasteiger partial charge in [-0.05, 0) is 103 Å². The first-order chi connectivity index (χ1) is 18.0. The van der Waals surface area contributed by atoms with Crippen molar-refractivity contribution < 1.29 is 14.3 Å². The zero-order valence-corrected chi connectivity index (χ0v) is 23.1. The van der Waals surface area contributed by atoms with Crippen LogP contribution < -0.4 is 21.3 Å². The molecule has 9 heteroatoms. The van der Waals surface area contributed by atoms with Gasteiger partial charge in [-0.25, -0.2) is 14.8 Å². The molecule has 0 aliphatic heterocycles. The van der Waals surface area contributed by atoms with Crippen molar-refractivity contribution in [3.05, 3.63) is 41.6 Å². The van der Waals surface area contributed by atoms with E-state index in [1.807, 2.05) is 51.1 Å². The molecule has 3 saturated carbocycles. The molecule has 38 heavy (non-hydrogen) atoms. The fraction of sp³-hybridized carbons (Fsp3) is 0.586. The van der Waals surface area contributed by atoms with Crippen LogP contribution >= 0.6 is 0 Å². The quantitative estimate of drug-likeness (QED) is 0.354. The molecule has 9 nitrogen and oxygen atoms in total. The Hall–Kier alpha value is -3.36. The third-order valence-electron chi connectivity index (χ3n) is 7.36. The first-order valence-corrected chi connectivity index (χ1v) is 13.8. The van der Waals surface area contributed by atoms with Gasteiger partial charge in [0, 0.05) is 29.7 Å². The molecule has 2 heterocycles. The van der Waals surface area contributed by atoms with E-state index in [1.165, 1.54) is 0 Å². The first kappa shape index (κ1) is 26.3. The highest BCUT2D eigenvalue weighted by Crippen LogP contribution is 2.56. The third kappa shape index (κ3) is 6.37. The van der Waals surface area contributed by atoms with Gasteiger partial charge in [-0.3, -0.25) is 4.79 Å². The topological polar surface area (TPSA) is 117 Å². The number of ether oxygens (including phenoxy) is 1. The van der Waals surface area contributed by atoms with Gasteiger partial charge in [0.15, 0.2) is 0 Å². The summed E-state index contributed by atoms with van der Waals surface area (Å²) in [5.74, 6) is 2.16. The van der Waals surface area contributed by atoms with Crippen molar-refractivity contribution in [2.24, 2.45) is 5.41 Å². The van der Waals surface area contributed by atoms with Gasteiger partial charge in [0.05, 0.1) is 5.56 Å². The molecule has 3 aliphatic rings. The highest BCUT2D eigenvalue weighted by atomic mass is 16.6. The van der Waals surface area contributed by atoms with Crippen LogP contribution in [0.1, 0.15) is 95.1 Å². The second kappa shape index (κ2) is 10.1. The maximum absolute atomic E-state index is 13.3. The van der Waals surface area contributed by atoms with Crippen molar-refractivity contribution in [2.45, 2.75) is 103 Å². The minimum atomic E-state index is -0.497. The number of alkyl carbamates (subject to hydrolysis) is 1. The predicted octanol–water partition coefficient (Wildman–Crippen LogP) is 5.67. The molecule has 0 bridgehead atoms. The van der Waals surface area contributed by atoms with Gasteiger partial charge in [-0.1, -0.05) is 6.07 Å². The van der Waals surface area contributed by atoms with Crippen LogP contribution in [0.15, 0.2) is 30.3 Å². The fourth-order valence-electron chi connectivity index (χ4n) is 5.62. The van der Waals surface area contributed by atoms with Crippen LogP contribution in [0.2, 0.25) is 0 Å². The number of aromatic nitrogens is 2. The molecule has 0 atom stereocenters. The largest absolute Gasteiger partial charge is 0.444 e. The minimum Gasteiger partial charge on any atom is -0.444 e. The van der Waals surface area contributed by atoms with E-state index in [2.05, 4.69) is 40.1 Å². The summed E-state index contributed by atoms with van der Waals surface area (Å²) in [6.45, 7) is 9.72. The second-order valence-electron chi connectivity index (χ2n) is 12.6. The van der Waals surface area contributed by atoms with Gasteiger partial charge in [0.25, 0.3) is 5.91 Å². The molecular weight excluding hydrogens is 480 g/mol. The SMILES string of the molecule is CC(C)Nc1ccc(C(=O)Nc2cccc(C3CC3)n2)c(NC2CC3(CC(NC(=O)OC(C)(C)C)C3)C2)n1. The molecule has 2 amide bonds. The molecule has 3 fully saturated rings. The summed E-state index contributed by atoms with van der Waals surface area (Å²) in [6, 6.07) is 10.1. The van der Waals surface area contributed by atoms with Gasteiger partial charge in [-0.15, -0.1) is 0 Å². The summed E-state index contributed by atoms with van der Waals surface area (Å²) < 4.78 is 5.38. The van der Waals surface area contributed by atoms with E-state index in [0.717, 1.165) is 50.0 Å². The summed E-state index contributed by atoms with van der Waals surface area (Å²) >= 11 is 0. The molecule has 0 radical (unpaired) electrons. The zero-order chi connectivity index (χ0) is 27.1. The number of pyridine rings is 2. The number of rotatable bonds is 8. The number of carbonyl (C=O) groups excluding carboxylic acids is 2. The van der Waals surface area contributed by atoms with Crippen LogP contribution in [-0.2, 0) is 4.74 Å². The zero-order valence-electron chi connectivity index (χ0n) is 23.1. The van der Waals surface area contributed by atoms with Gasteiger partial charge in [-0.2, -0.15) is 0 Å². The van der Waals surface area contributed by atoms with Gasteiger partial charge in [0.2, 0.25) is 0 Å².